The van der Waals surface area contributed by atoms with E-state index >= 15 is 0 Å². The fraction of sp³-hybridized carbons (Fsp3) is 0.211. The fourth-order valence-electron chi connectivity index (χ4n) is 2.40. The summed E-state index contributed by atoms with van der Waals surface area (Å²) in [5, 5.41) is 13.3. The van der Waals surface area contributed by atoms with Gasteiger partial charge in [-0.15, -0.1) is 0 Å². The Morgan fingerprint density at radius 1 is 1.12 bits per heavy atom. The molecule has 0 aliphatic carbocycles. The number of nitrogens with zero attached hydrogens (tertiary/aromatic N) is 1. The largest absolute Gasteiger partial charge is 0.439 e. The van der Waals surface area contributed by atoms with Gasteiger partial charge in [-0.1, -0.05) is 42.5 Å². The van der Waals surface area contributed by atoms with Crippen molar-refractivity contribution in [1.29, 1.82) is 0 Å². The van der Waals surface area contributed by atoms with Crippen LogP contribution in [0.4, 0.5) is 4.39 Å². The molecule has 0 bridgehead atoms. The van der Waals surface area contributed by atoms with E-state index in [4.69, 9.17) is 4.42 Å². The van der Waals surface area contributed by atoms with Crippen LogP contribution in [-0.4, -0.2) is 16.6 Å². The van der Waals surface area contributed by atoms with E-state index in [-0.39, 0.29) is 11.9 Å². The lowest BCUT2D eigenvalue weighted by atomic mass is 10.1. The Bertz CT molecular complexity index is 772. The van der Waals surface area contributed by atoms with Gasteiger partial charge in [0.05, 0.1) is 18.3 Å². The molecule has 0 aliphatic rings. The lowest BCUT2D eigenvalue weighted by Crippen LogP contribution is -2.24. The molecule has 0 radical (unpaired) electrons. The third-order valence-corrected chi connectivity index (χ3v) is 3.82. The zero-order valence-corrected chi connectivity index (χ0v) is 13.3. The highest BCUT2D eigenvalue weighted by molar-refractivity contribution is 5.55. The van der Waals surface area contributed by atoms with E-state index in [0.717, 1.165) is 5.56 Å². The first-order chi connectivity index (χ1) is 11.6. The number of hydrogen-bond acceptors (Lipinski definition) is 4. The van der Waals surface area contributed by atoms with Gasteiger partial charge in [0.15, 0.2) is 5.76 Å². The SMILES string of the molecule is C[C@@H](NC[C@@H](O)c1ccc(F)cc1)c1ncc(-c2ccccc2)o1. The molecular formula is C19H19FN2O2. The van der Waals surface area contributed by atoms with Crippen LogP contribution < -0.4 is 5.32 Å². The van der Waals surface area contributed by atoms with Gasteiger partial charge >= 0.3 is 0 Å². The molecule has 0 saturated heterocycles. The Kier molecular flexibility index (Phi) is 5.03. The lowest BCUT2D eigenvalue weighted by Gasteiger charge is -2.15. The van der Waals surface area contributed by atoms with Gasteiger partial charge in [0, 0.05) is 12.1 Å². The van der Waals surface area contributed by atoms with Crippen molar-refractivity contribution in [3.05, 3.63) is 78.1 Å². The van der Waals surface area contributed by atoms with Crippen molar-refractivity contribution in [3.63, 3.8) is 0 Å². The predicted octanol–water partition coefficient (Wildman–Crippen LogP) is 3.86. The molecule has 4 nitrogen and oxygen atoms in total. The molecule has 0 spiro atoms. The quantitative estimate of drug-likeness (QED) is 0.722. The van der Waals surface area contributed by atoms with Gasteiger partial charge in [0.1, 0.15) is 5.82 Å². The number of aliphatic hydroxyl groups is 1. The summed E-state index contributed by atoms with van der Waals surface area (Å²) in [6, 6.07) is 15.4. The van der Waals surface area contributed by atoms with Crippen LogP contribution >= 0.6 is 0 Å². The minimum absolute atomic E-state index is 0.155. The third kappa shape index (κ3) is 3.88. The Morgan fingerprint density at radius 2 is 1.83 bits per heavy atom. The summed E-state index contributed by atoms with van der Waals surface area (Å²) in [5.74, 6) is 0.944. The first kappa shape index (κ1) is 16.4. The van der Waals surface area contributed by atoms with Crippen LogP contribution in [0.25, 0.3) is 11.3 Å². The fourth-order valence-corrected chi connectivity index (χ4v) is 2.40. The summed E-state index contributed by atoms with van der Waals surface area (Å²) in [6.45, 7) is 2.23. The van der Waals surface area contributed by atoms with Gasteiger partial charge in [-0.25, -0.2) is 9.37 Å². The molecule has 2 atom stereocenters. The highest BCUT2D eigenvalue weighted by Crippen LogP contribution is 2.23. The number of nitrogens with one attached hydrogen (secondary N) is 1. The van der Waals surface area contributed by atoms with Crippen molar-refractivity contribution in [1.82, 2.24) is 10.3 Å². The minimum atomic E-state index is -0.725. The molecule has 3 rings (SSSR count). The molecule has 1 aromatic heterocycles. The Morgan fingerprint density at radius 3 is 2.54 bits per heavy atom. The molecular weight excluding hydrogens is 307 g/mol. The van der Waals surface area contributed by atoms with Gasteiger partial charge in [-0.05, 0) is 24.6 Å². The maximum Gasteiger partial charge on any atom is 0.211 e. The van der Waals surface area contributed by atoms with E-state index in [1.54, 1.807) is 18.3 Å². The normalized spacial score (nSPS) is 13.6. The van der Waals surface area contributed by atoms with E-state index in [0.29, 0.717) is 23.8 Å². The maximum absolute atomic E-state index is 12.9. The van der Waals surface area contributed by atoms with E-state index in [2.05, 4.69) is 10.3 Å². The molecule has 0 aliphatic heterocycles. The number of aliphatic hydroxyl groups excluding tert-OH is 1. The minimum Gasteiger partial charge on any atom is -0.439 e. The van der Waals surface area contributed by atoms with Crippen molar-refractivity contribution < 1.29 is 13.9 Å². The number of aromatic nitrogens is 1. The second-order valence-corrected chi connectivity index (χ2v) is 5.63. The summed E-state index contributed by atoms with van der Waals surface area (Å²) in [7, 11) is 0. The summed E-state index contributed by atoms with van der Waals surface area (Å²) in [4.78, 5) is 4.29. The van der Waals surface area contributed by atoms with Gasteiger partial charge in [0.25, 0.3) is 0 Å². The average molecular weight is 326 g/mol. The molecule has 0 saturated carbocycles. The first-order valence-electron chi connectivity index (χ1n) is 7.81. The highest BCUT2D eigenvalue weighted by Gasteiger charge is 2.15. The second kappa shape index (κ2) is 7.38. The molecule has 2 aromatic carbocycles. The zero-order valence-electron chi connectivity index (χ0n) is 13.3. The summed E-state index contributed by atoms with van der Waals surface area (Å²) >= 11 is 0. The summed E-state index contributed by atoms with van der Waals surface area (Å²) in [6.07, 6.45) is 0.968. The van der Waals surface area contributed by atoms with Crippen LogP contribution in [0.2, 0.25) is 0 Å². The van der Waals surface area contributed by atoms with E-state index < -0.39 is 6.10 Å². The molecule has 1 heterocycles. The molecule has 3 aromatic rings. The number of halogens is 1. The van der Waals surface area contributed by atoms with Crippen molar-refractivity contribution in [2.24, 2.45) is 0 Å². The third-order valence-electron chi connectivity index (χ3n) is 3.82. The van der Waals surface area contributed by atoms with Crippen LogP contribution in [0.3, 0.4) is 0 Å². The van der Waals surface area contributed by atoms with Gasteiger partial charge < -0.3 is 14.8 Å². The molecule has 5 heteroatoms. The number of rotatable bonds is 6. The standard InChI is InChI=1S/C19H19FN2O2/c1-13(21-11-17(23)14-7-9-16(20)10-8-14)19-22-12-18(24-19)15-5-3-2-4-6-15/h2-10,12-13,17,21,23H,11H2,1H3/t13-,17-/m1/s1. The van der Waals surface area contributed by atoms with Crippen molar-refractivity contribution in [3.8, 4) is 11.3 Å². The maximum atomic E-state index is 12.9. The zero-order chi connectivity index (χ0) is 16.9. The van der Waals surface area contributed by atoms with Crippen molar-refractivity contribution in [2.75, 3.05) is 6.54 Å². The van der Waals surface area contributed by atoms with Gasteiger partial charge in [0.2, 0.25) is 5.89 Å². The van der Waals surface area contributed by atoms with E-state index in [1.807, 2.05) is 37.3 Å². The molecule has 0 unspecified atom stereocenters. The number of benzene rings is 2. The monoisotopic (exact) mass is 326 g/mol. The molecule has 2 N–H and O–H groups in total. The molecule has 24 heavy (non-hydrogen) atoms. The first-order valence-corrected chi connectivity index (χ1v) is 7.81. The van der Waals surface area contributed by atoms with Crippen LogP contribution in [0.1, 0.15) is 30.5 Å². The highest BCUT2D eigenvalue weighted by atomic mass is 19.1. The summed E-state index contributed by atoms with van der Waals surface area (Å²) < 4.78 is 18.7. The van der Waals surface area contributed by atoms with Crippen LogP contribution in [0.15, 0.2) is 65.2 Å². The van der Waals surface area contributed by atoms with Crippen molar-refractivity contribution >= 4 is 0 Å². The topological polar surface area (TPSA) is 58.3 Å². The van der Waals surface area contributed by atoms with Gasteiger partial charge in [-0.2, -0.15) is 0 Å². The second-order valence-electron chi connectivity index (χ2n) is 5.63. The van der Waals surface area contributed by atoms with Crippen LogP contribution in [-0.2, 0) is 0 Å². The molecule has 124 valence electrons. The van der Waals surface area contributed by atoms with E-state index in [1.165, 1.54) is 12.1 Å². The molecule has 0 fully saturated rings. The lowest BCUT2D eigenvalue weighted by molar-refractivity contribution is 0.168. The average Bonchev–Trinajstić information content (AvgIpc) is 3.11. The number of oxazole rings is 1. The van der Waals surface area contributed by atoms with E-state index in [9.17, 15) is 9.50 Å². The smallest absolute Gasteiger partial charge is 0.211 e. The Labute approximate surface area is 140 Å². The van der Waals surface area contributed by atoms with Crippen LogP contribution in [0.5, 0.6) is 0 Å². The summed E-state index contributed by atoms with van der Waals surface area (Å²) in [5.41, 5.74) is 1.63. The Balaban J connectivity index is 1.60. The Hall–Kier alpha value is -2.50. The van der Waals surface area contributed by atoms with Gasteiger partial charge in [-0.3, -0.25) is 0 Å². The van der Waals surface area contributed by atoms with Crippen LogP contribution in [0, 0.1) is 5.82 Å². The molecule has 0 amide bonds. The van der Waals surface area contributed by atoms with Crippen molar-refractivity contribution in [2.45, 2.75) is 19.1 Å². The predicted molar refractivity (Wildman–Crippen MR) is 89.7 cm³/mol. The number of hydrogen-bond donors (Lipinski definition) is 2.